The topological polar surface area (TPSA) is 131 Å². The van der Waals surface area contributed by atoms with E-state index in [2.05, 4.69) is 25.3 Å². The predicted octanol–water partition coefficient (Wildman–Crippen LogP) is 5.45. The molecule has 0 saturated carbocycles. The average Bonchev–Trinajstić information content (AvgIpc) is 2.88. The molecule has 0 aliphatic rings. The molecule has 1 aromatic carbocycles. The minimum Gasteiger partial charge on any atom is -0.453 e. The number of halogens is 1. The number of carbonyl (C=O) groups is 3. The number of aromatic nitrogens is 2. The number of anilines is 2. The lowest BCUT2D eigenvalue weighted by Gasteiger charge is -2.15. The Morgan fingerprint density at radius 1 is 1.08 bits per heavy atom. The first-order valence-corrected chi connectivity index (χ1v) is 12.8. The summed E-state index contributed by atoms with van der Waals surface area (Å²) in [6.45, 7) is 1.52. The van der Waals surface area contributed by atoms with Gasteiger partial charge in [0, 0.05) is 42.7 Å². The van der Waals surface area contributed by atoms with E-state index in [1.54, 1.807) is 48.7 Å². The van der Waals surface area contributed by atoms with Gasteiger partial charge in [-0.15, -0.1) is 0 Å². The van der Waals surface area contributed by atoms with Crippen LogP contribution in [0.5, 0.6) is 0 Å². The maximum Gasteiger partial charge on any atom is 0.411 e. The van der Waals surface area contributed by atoms with Gasteiger partial charge in [-0.2, -0.15) is 0 Å². The van der Waals surface area contributed by atoms with E-state index in [-0.39, 0.29) is 17.4 Å². The normalized spacial score (nSPS) is 11.5. The Morgan fingerprint density at radius 2 is 1.89 bits per heavy atom. The molecule has 2 heterocycles. The van der Waals surface area contributed by atoms with Gasteiger partial charge in [0.2, 0.25) is 5.91 Å². The minimum absolute atomic E-state index is 0.0516. The van der Waals surface area contributed by atoms with E-state index in [0.29, 0.717) is 51.1 Å². The highest BCUT2D eigenvalue weighted by Gasteiger charge is 2.16. The summed E-state index contributed by atoms with van der Waals surface area (Å²) < 4.78 is 4.66. The summed E-state index contributed by atoms with van der Waals surface area (Å²) in [6.07, 6.45) is 2.98. The minimum atomic E-state index is -1.01. The van der Waals surface area contributed by atoms with Crippen LogP contribution in [0.3, 0.4) is 0 Å². The van der Waals surface area contributed by atoms with Crippen LogP contribution in [-0.2, 0) is 14.3 Å². The first-order chi connectivity index (χ1) is 17.8. The molecule has 2 amide bonds. The number of nitrogens with zero attached hydrogens (tertiary/aromatic N) is 2. The van der Waals surface area contributed by atoms with E-state index in [9.17, 15) is 19.5 Å². The van der Waals surface area contributed by atoms with Crippen molar-refractivity contribution < 1.29 is 24.2 Å². The van der Waals surface area contributed by atoms with Crippen LogP contribution < -0.4 is 10.6 Å². The molecule has 194 valence electrons. The van der Waals surface area contributed by atoms with E-state index in [1.165, 1.54) is 32.0 Å². The zero-order chi connectivity index (χ0) is 26.8. The second-order valence-electron chi connectivity index (χ2n) is 8.00. The molecule has 0 fully saturated rings. The second kappa shape index (κ2) is 13.7. The van der Waals surface area contributed by atoms with Gasteiger partial charge in [-0.3, -0.25) is 24.9 Å². The van der Waals surface area contributed by atoms with Crippen molar-refractivity contribution in [3.63, 3.8) is 0 Å². The number of aliphatic hydroxyl groups excluding tert-OH is 1. The van der Waals surface area contributed by atoms with Crippen LogP contribution in [0.1, 0.15) is 43.5 Å². The fraction of sp³-hybridized carbons (Fsp3) is 0.269. The molecular formula is C26H27ClN4O5S. The van der Waals surface area contributed by atoms with Gasteiger partial charge in [0.05, 0.1) is 29.2 Å². The van der Waals surface area contributed by atoms with Crippen molar-refractivity contribution in [1.82, 2.24) is 9.97 Å². The van der Waals surface area contributed by atoms with Gasteiger partial charge in [0.25, 0.3) is 0 Å². The molecule has 0 spiro atoms. The Labute approximate surface area is 224 Å². The molecule has 3 rings (SSSR count). The van der Waals surface area contributed by atoms with Crippen LogP contribution >= 0.6 is 23.4 Å². The van der Waals surface area contributed by atoms with Crippen LogP contribution in [0.25, 0.3) is 11.3 Å². The number of thioether (sulfide) groups is 1. The Kier molecular flexibility index (Phi) is 10.4. The Bertz CT molecular complexity index is 1260. The first kappa shape index (κ1) is 28.1. The molecule has 0 saturated heterocycles. The summed E-state index contributed by atoms with van der Waals surface area (Å²) >= 11 is 7.14. The number of pyridine rings is 2. The summed E-state index contributed by atoms with van der Waals surface area (Å²) in [4.78, 5) is 44.1. The number of rotatable bonds is 10. The van der Waals surface area contributed by atoms with Crippen molar-refractivity contribution in [2.45, 2.75) is 32.3 Å². The van der Waals surface area contributed by atoms with Gasteiger partial charge in [-0.05, 0) is 60.9 Å². The molecule has 9 nitrogen and oxygen atoms in total. The molecule has 2 aromatic heterocycles. The molecule has 1 atom stereocenters. The highest BCUT2D eigenvalue weighted by molar-refractivity contribution is 8.13. The van der Waals surface area contributed by atoms with Crippen LogP contribution in [0.2, 0.25) is 5.02 Å². The van der Waals surface area contributed by atoms with E-state index in [1.807, 2.05) is 0 Å². The number of benzene rings is 1. The largest absolute Gasteiger partial charge is 0.453 e. The number of aliphatic hydroxyl groups is 1. The summed E-state index contributed by atoms with van der Waals surface area (Å²) in [7, 11) is 1.26. The Morgan fingerprint density at radius 3 is 2.59 bits per heavy atom. The number of methoxy groups -OCH3 is 1. The molecule has 37 heavy (non-hydrogen) atoms. The number of hydrogen-bond acceptors (Lipinski definition) is 8. The summed E-state index contributed by atoms with van der Waals surface area (Å²) in [5, 5.41) is 16.8. The smallest absolute Gasteiger partial charge is 0.411 e. The lowest BCUT2D eigenvalue weighted by Crippen LogP contribution is -2.14. The van der Waals surface area contributed by atoms with Crippen LogP contribution in [0.4, 0.5) is 16.2 Å². The molecule has 0 aliphatic heterocycles. The SMILES string of the molecule is COC(=O)Nc1ccc(-c2cc(C(O)c3ccc(Cl)cn3)ccn2)c(NC(=O)CCCCSC(C)=O)c1. The Balaban J connectivity index is 1.84. The zero-order valence-corrected chi connectivity index (χ0v) is 21.9. The highest BCUT2D eigenvalue weighted by atomic mass is 35.5. The maximum atomic E-state index is 12.7. The molecule has 3 aromatic rings. The van der Waals surface area contributed by atoms with Crippen LogP contribution in [0.15, 0.2) is 54.9 Å². The summed E-state index contributed by atoms with van der Waals surface area (Å²) in [5.41, 5.74) is 2.93. The second-order valence-corrected chi connectivity index (χ2v) is 9.71. The third-order valence-electron chi connectivity index (χ3n) is 5.24. The van der Waals surface area contributed by atoms with Crippen molar-refractivity contribution in [2.24, 2.45) is 0 Å². The monoisotopic (exact) mass is 542 g/mol. The van der Waals surface area contributed by atoms with Gasteiger partial charge in [0.1, 0.15) is 6.10 Å². The summed E-state index contributed by atoms with van der Waals surface area (Å²) in [6, 6.07) is 11.7. The van der Waals surface area contributed by atoms with Crippen molar-refractivity contribution in [3.8, 4) is 11.3 Å². The van der Waals surface area contributed by atoms with E-state index >= 15 is 0 Å². The fourth-order valence-corrected chi connectivity index (χ4v) is 4.17. The quantitative estimate of drug-likeness (QED) is 0.288. The lowest BCUT2D eigenvalue weighted by atomic mass is 10.0. The third kappa shape index (κ3) is 8.56. The van der Waals surface area contributed by atoms with Crippen LogP contribution in [-0.4, -0.2) is 45.1 Å². The number of carbonyl (C=O) groups excluding carboxylic acids is 3. The van der Waals surface area contributed by atoms with Gasteiger partial charge in [0.15, 0.2) is 5.12 Å². The maximum absolute atomic E-state index is 12.7. The predicted molar refractivity (Wildman–Crippen MR) is 145 cm³/mol. The lowest BCUT2D eigenvalue weighted by molar-refractivity contribution is -0.116. The fourth-order valence-electron chi connectivity index (χ4n) is 3.42. The average molecular weight is 543 g/mol. The van der Waals surface area contributed by atoms with E-state index in [0.717, 1.165) is 6.42 Å². The summed E-state index contributed by atoms with van der Waals surface area (Å²) in [5.74, 6) is 0.444. The van der Waals surface area contributed by atoms with Crippen molar-refractivity contribution in [3.05, 3.63) is 71.1 Å². The third-order valence-corrected chi connectivity index (χ3v) is 6.36. The van der Waals surface area contributed by atoms with E-state index < -0.39 is 12.2 Å². The number of unbranched alkanes of at least 4 members (excludes halogenated alkanes) is 1. The number of ether oxygens (including phenoxy) is 1. The molecule has 0 aliphatic carbocycles. The molecule has 11 heteroatoms. The molecule has 0 radical (unpaired) electrons. The molecule has 0 bridgehead atoms. The number of nitrogens with one attached hydrogen (secondary N) is 2. The number of hydrogen-bond donors (Lipinski definition) is 3. The first-order valence-electron chi connectivity index (χ1n) is 11.4. The van der Waals surface area contributed by atoms with Gasteiger partial charge in [-0.25, -0.2) is 4.79 Å². The highest BCUT2D eigenvalue weighted by Crippen LogP contribution is 2.32. The molecular weight excluding hydrogens is 516 g/mol. The van der Waals surface area contributed by atoms with Crippen molar-refractivity contribution in [2.75, 3.05) is 23.5 Å². The van der Waals surface area contributed by atoms with Crippen molar-refractivity contribution in [1.29, 1.82) is 0 Å². The van der Waals surface area contributed by atoms with Gasteiger partial charge < -0.3 is 15.2 Å². The van der Waals surface area contributed by atoms with E-state index in [4.69, 9.17) is 11.6 Å². The molecule has 1 unspecified atom stereocenters. The van der Waals surface area contributed by atoms with Gasteiger partial charge >= 0.3 is 6.09 Å². The Hall–Kier alpha value is -3.47. The number of amides is 2. The standard InChI is InChI=1S/C26H27ClN4O5S/c1-16(32)37-12-4-3-5-24(33)31-23-14-19(30-26(35)36-2)7-8-20(23)22-13-17(10-11-28-22)25(34)21-9-6-18(27)15-29-21/h6-11,13-15,25,34H,3-5,12H2,1-2H3,(H,30,35)(H,31,33). The van der Waals surface area contributed by atoms with Crippen LogP contribution in [0, 0.1) is 0 Å². The van der Waals surface area contributed by atoms with Gasteiger partial charge in [-0.1, -0.05) is 23.4 Å². The molecule has 3 N–H and O–H groups in total. The van der Waals surface area contributed by atoms with Crippen molar-refractivity contribution >= 4 is 51.9 Å². The zero-order valence-electron chi connectivity index (χ0n) is 20.4.